The predicted octanol–water partition coefficient (Wildman–Crippen LogP) is 5.65. The van der Waals surface area contributed by atoms with Crippen LogP contribution in [-0.2, 0) is 29.2 Å². The number of nitrogens with zero attached hydrogens (tertiary/aromatic N) is 2. The zero-order chi connectivity index (χ0) is 26.1. The van der Waals surface area contributed by atoms with E-state index in [1.807, 2.05) is 6.92 Å². The zero-order valence-corrected chi connectivity index (χ0v) is 22.1. The van der Waals surface area contributed by atoms with Crippen LogP contribution in [0.15, 0.2) is 41.7 Å². The van der Waals surface area contributed by atoms with Crippen molar-refractivity contribution in [1.29, 1.82) is 0 Å². The molecule has 1 aliphatic rings. The van der Waals surface area contributed by atoms with Gasteiger partial charge in [-0.25, -0.2) is 13.4 Å². The molecule has 0 aliphatic heterocycles. The molecule has 0 spiro atoms. The van der Waals surface area contributed by atoms with Gasteiger partial charge in [-0.1, -0.05) is 19.1 Å². The standard InChI is InChI=1S/C26H34FN3O4S/c1-8-12-26(13-14-26)35(33)30(24(32)34-25(4,5)6)21-15-17(3)23(31)29(7)22(21)28-20-11-10-18(9-2)16-19(20)27/h8,10-11,15-16,28H,1,9,12-14H2,2-7H3. The van der Waals surface area contributed by atoms with Crippen molar-refractivity contribution in [2.75, 3.05) is 9.62 Å². The topological polar surface area (TPSA) is 80.6 Å². The molecular weight excluding hydrogens is 469 g/mol. The number of aryl methyl sites for hydroxylation is 2. The number of amides is 1. The lowest BCUT2D eigenvalue weighted by Gasteiger charge is -2.31. The Bertz CT molecular complexity index is 1230. The molecule has 1 fully saturated rings. The highest BCUT2D eigenvalue weighted by atomic mass is 32.2. The lowest BCUT2D eigenvalue weighted by molar-refractivity contribution is 0.0610. The van der Waals surface area contributed by atoms with Crippen molar-refractivity contribution in [1.82, 2.24) is 4.57 Å². The monoisotopic (exact) mass is 503 g/mol. The lowest BCUT2D eigenvalue weighted by atomic mass is 10.1. The zero-order valence-electron chi connectivity index (χ0n) is 21.2. The van der Waals surface area contributed by atoms with E-state index in [2.05, 4.69) is 11.9 Å². The van der Waals surface area contributed by atoms with Gasteiger partial charge in [0, 0.05) is 12.6 Å². The third-order valence-corrected chi connectivity index (χ3v) is 7.90. The van der Waals surface area contributed by atoms with Crippen LogP contribution in [0.4, 0.5) is 26.4 Å². The molecule has 1 amide bonds. The van der Waals surface area contributed by atoms with E-state index in [-0.39, 0.29) is 22.8 Å². The van der Waals surface area contributed by atoms with Crippen molar-refractivity contribution in [3.8, 4) is 0 Å². The first-order valence-corrected chi connectivity index (χ1v) is 12.8. The Morgan fingerprint density at radius 1 is 1.34 bits per heavy atom. The van der Waals surface area contributed by atoms with Crippen LogP contribution in [0.25, 0.3) is 0 Å². The van der Waals surface area contributed by atoms with E-state index in [0.717, 1.165) is 9.87 Å². The Morgan fingerprint density at radius 2 is 2.00 bits per heavy atom. The van der Waals surface area contributed by atoms with Crippen molar-refractivity contribution in [3.05, 3.63) is 64.2 Å². The van der Waals surface area contributed by atoms with E-state index in [9.17, 15) is 18.2 Å². The van der Waals surface area contributed by atoms with Gasteiger partial charge in [-0.2, -0.15) is 4.31 Å². The van der Waals surface area contributed by atoms with Gasteiger partial charge in [0.2, 0.25) is 0 Å². The van der Waals surface area contributed by atoms with Gasteiger partial charge in [0.15, 0.2) is 0 Å². The van der Waals surface area contributed by atoms with Gasteiger partial charge >= 0.3 is 6.09 Å². The smallest absolute Gasteiger partial charge is 0.427 e. The summed E-state index contributed by atoms with van der Waals surface area (Å²) in [6.45, 7) is 12.5. The van der Waals surface area contributed by atoms with E-state index in [0.29, 0.717) is 31.2 Å². The Morgan fingerprint density at radius 3 is 2.51 bits per heavy atom. The summed E-state index contributed by atoms with van der Waals surface area (Å²) >= 11 is 0. The molecule has 9 heteroatoms. The summed E-state index contributed by atoms with van der Waals surface area (Å²) in [4.78, 5) is 26.3. The molecule has 1 atom stereocenters. The van der Waals surface area contributed by atoms with Crippen LogP contribution in [0.2, 0.25) is 0 Å². The number of rotatable bonds is 8. The largest absolute Gasteiger partial charge is 0.443 e. The molecule has 1 aromatic carbocycles. The third-order valence-electron chi connectivity index (χ3n) is 5.91. The van der Waals surface area contributed by atoms with Crippen molar-refractivity contribution >= 4 is 34.3 Å². The Labute approximate surface area is 208 Å². The fourth-order valence-electron chi connectivity index (χ4n) is 3.79. The van der Waals surface area contributed by atoms with Crippen molar-refractivity contribution in [2.24, 2.45) is 7.05 Å². The van der Waals surface area contributed by atoms with Crippen LogP contribution >= 0.6 is 0 Å². The number of aromatic nitrogens is 1. The van der Waals surface area contributed by atoms with E-state index >= 15 is 0 Å². The average molecular weight is 504 g/mol. The molecule has 0 saturated heterocycles. The molecule has 0 radical (unpaired) electrons. The number of carbonyl (C=O) groups excluding carboxylic acids is 1. The molecule has 1 aliphatic carbocycles. The highest BCUT2D eigenvalue weighted by Crippen LogP contribution is 2.48. The second kappa shape index (κ2) is 9.97. The number of benzene rings is 1. The molecule has 3 rings (SSSR count). The normalized spacial score (nSPS) is 15.3. The van der Waals surface area contributed by atoms with Crippen molar-refractivity contribution in [2.45, 2.75) is 70.7 Å². The van der Waals surface area contributed by atoms with Crippen LogP contribution in [0, 0.1) is 12.7 Å². The second-order valence-corrected chi connectivity index (χ2v) is 11.6. The molecule has 2 aromatic rings. The Balaban J connectivity index is 2.20. The van der Waals surface area contributed by atoms with E-state index in [4.69, 9.17) is 4.74 Å². The van der Waals surface area contributed by atoms with Crippen molar-refractivity contribution < 1.29 is 18.1 Å². The number of halogens is 1. The number of carbonyl (C=O) groups is 1. The second-order valence-electron chi connectivity index (χ2n) is 9.92. The summed E-state index contributed by atoms with van der Waals surface area (Å²) in [5.74, 6) is -0.365. The first kappa shape index (κ1) is 26.7. The Hall–Kier alpha value is -2.94. The van der Waals surface area contributed by atoms with Gasteiger partial charge in [-0.05, 0) is 77.1 Å². The molecule has 190 valence electrons. The maximum absolute atomic E-state index is 14.9. The van der Waals surface area contributed by atoms with Gasteiger partial charge in [0.05, 0.1) is 10.4 Å². The van der Waals surface area contributed by atoms with E-state index in [1.165, 1.54) is 23.7 Å². The molecule has 1 saturated carbocycles. The molecule has 1 heterocycles. The number of nitrogens with one attached hydrogen (secondary N) is 1. The number of hydrogen-bond donors (Lipinski definition) is 1. The number of ether oxygens (including phenoxy) is 1. The van der Waals surface area contributed by atoms with Gasteiger partial charge < -0.3 is 10.1 Å². The number of allylic oxidation sites excluding steroid dienone is 1. The SMILES string of the molecule is C=CCC1(S(=O)N(C(=O)OC(C)(C)C)c2cc(C)c(=O)n(C)c2Nc2ccc(CC)cc2F)CC1. The van der Waals surface area contributed by atoms with Crippen LogP contribution in [0.5, 0.6) is 0 Å². The first-order chi connectivity index (χ1) is 16.3. The van der Waals surface area contributed by atoms with Gasteiger partial charge in [0.1, 0.15) is 33.9 Å². The minimum absolute atomic E-state index is 0.129. The number of anilines is 3. The molecular formula is C26H34FN3O4S. The summed E-state index contributed by atoms with van der Waals surface area (Å²) in [5.41, 5.74) is 0.289. The third kappa shape index (κ3) is 5.66. The fraction of sp³-hybridized carbons (Fsp3) is 0.462. The van der Waals surface area contributed by atoms with Gasteiger partial charge in [0.25, 0.3) is 5.56 Å². The van der Waals surface area contributed by atoms with Crippen LogP contribution < -0.4 is 15.2 Å². The quantitative estimate of drug-likeness (QED) is 0.471. The Kier molecular flexibility index (Phi) is 7.59. The van der Waals surface area contributed by atoms with Crippen molar-refractivity contribution in [3.63, 3.8) is 0 Å². The van der Waals surface area contributed by atoms with Crippen LogP contribution in [0.3, 0.4) is 0 Å². The summed E-state index contributed by atoms with van der Waals surface area (Å²) in [5, 5.41) is 2.97. The summed E-state index contributed by atoms with van der Waals surface area (Å²) in [7, 11) is -0.316. The highest BCUT2D eigenvalue weighted by Gasteiger charge is 2.52. The maximum Gasteiger partial charge on any atom is 0.427 e. The number of pyridine rings is 1. The van der Waals surface area contributed by atoms with Crippen LogP contribution in [-0.4, -0.2) is 25.2 Å². The van der Waals surface area contributed by atoms with E-state index in [1.54, 1.807) is 45.9 Å². The molecule has 0 bridgehead atoms. The van der Waals surface area contributed by atoms with E-state index < -0.39 is 33.2 Å². The molecule has 35 heavy (non-hydrogen) atoms. The first-order valence-electron chi connectivity index (χ1n) is 11.7. The van der Waals surface area contributed by atoms with Gasteiger partial charge in [-0.15, -0.1) is 6.58 Å². The summed E-state index contributed by atoms with van der Waals surface area (Å²) < 4.78 is 36.1. The predicted molar refractivity (Wildman–Crippen MR) is 139 cm³/mol. The lowest BCUT2D eigenvalue weighted by Crippen LogP contribution is -2.43. The molecule has 1 N–H and O–H groups in total. The van der Waals surface area contributed by atoms with Gasteiger partial charge in [-0.3, -0.25) is 9.36 Å². The number of hydrogen-bond acceptors (Lipinski definition) is 5. The maximum atomic E-state index is 14.9. The fourth-order valence-corrected chi connectivity index (χ4v) is 5.38. The minimum atomic E-state index is -1.84. The minimum Gasteiger partial charge on any atom is -0.443 e. The molecule has 1 unspecified atom stereocenters. The molecule has 1 aromatic heterocycles. The summed E-state index contributed by atoms with van der Waals surface area (Å²) in [6, 6.07) is 6.28. The molecule has 7 nitrogen and oxygen atoms in total. The summed E-state index contributed by atoms with van der Waals surface area (Å²) in [6.07, 6.45) is 3.32. The van der Waals surface area contributed by atoms with Crippen LogP contribution in [0.1, 0.15) is 58.1 Å². The average Bonchev–Trinajstić information content (AvgIpc) is 3.55. The highest BCUT2D eigenvalue weighted by molar-refractivity contribution is 7.89.